The molecule has 0 heterocycles. The first-order chi connectivity index (χ1) is 11.6. The normalized spacial score (nSPS) is 11.2. The van der Waals surface area contributed by atoms with Crippen LogP contribution in [0.1, 0.15) is 0 Å². The smallest absolute Gasteiger partial charge is 0.245 e. The van der Waals surface area contributed by atoms with E-state index < -0.39 is 28.3 Å². The van der Waals surface area contributed by atoms with Gasteiger partial charge in [-0.1, -0.05) is 39.1 Å². The standard InChI is InChI=1S/C15H12BrCl2FN2O3S/c1-25(23,24)21(10-3-4-11(17)12(18)7-10)8-15(22)20-14-5-2-9(16)6-13(14)19/h2-7H,8H2,1H3,(H,20,22). The number of anilines is 2. The molecule has 134 valence electrons. The minimum Gasteiger partial charge on any atom is -0.322 e. The molecule has 0 unspecified atom stereocenters. The van der Waals surface area contributed by atoms with Crippen molar-refractivity contribution in [3.63, 3.8) is 0 Å². The van der Waals surface area contributed by atoms with Crippen molar-refractivity contribution in [3.05, 3.63) is 56.7 Å². The Balaban J connectivity index is 2.25. The molecule has 0 radical (unpaired) electrons. The number of carbonyl (C=O) groups excluding carboxylic acids is 1. The number of carbonyl (C=O) groups is 1. The maximum Gasteiger partial charge on any atom is 0.245 e. The van der Waals surface area contributed by atoms with E-state index in [4.69, 9.17) is 23.2 Å². The molecule has 0 aliphatic rings. The predicted molar refractivity (Wildman–Crippen MR) is 101 cm³/mol. The summed E-state index contributed by atoms with van der Waals surface area (Å²) in [6, 6.07) is 8.26. The van der Waals surface area contributed by atoms with E-state index in [9.17, 15) is 17.6 Å². The van der Waals surface area contributed by atoms with Crippen LogP contribution in [0.2, 0.25) is 10.0 Å². The van der Waals surface area contributed by atoms with E-state index in [-0.39, 0.29) is 21.4 Å². The number of amides is 1. The second kappa shape index (κ2) is 7.90. The lowest BCUT2D eigenvalue weighted by atomic mass is 10.3. The molecule has 0 atom stereocenters. The summed E-state index contributed by atoms with van der Waals surface area (Å²) < 4.78 is 39.2. The molecule has 1 N–H and O–H groups in total. The largest absolute Gasteiger partial charge is 0.322 e. The van der Waals surface area contributed by atoms with Gasteiger partial charge in [-0.15, -0.1) is 0 Å². The van der Waals surface area contributed by atoms with Crippen LogP contribution in [0.4, 0.5) is 15.8 Å². The van der Waals surface area contributed by atoms with Gasteiger partial charge in [0.05, 0.1) is 27.7 Å². The monoisotopic (exact) mass is 468 g/mol. The van der Waals surface area contributed by atoms with Gasteiger partial charge in [0.2, 0.25) is 15.9 Å². The number of benzene rings is 2. The third kappa shape index (κ3) is 5.31. The van der Waals surface area contributed by atoms with E-state index in [1.54, 1.807) is 6.07 Å². The molecular weight excluding hydrogens is 458 g/mol. The Morgan fingerprint density at radius 1 is 1.20 bits per heavy atom. The maximum atomic E-state index is 13.8. The molecule has 0 saturated carbocycles. The third-order valence-corrected chi connectivity index (χ3v) is 5.46. The maximum absolute atomic E-state index is 13.8. The molecule has 1 amide bonds. The van der Waals surface area contributed by atoms with Crippen LogP contribution in [-0.2, 0) is 14.8 Å². The van der Waals surface area contributed by atoms with Gasteiger partial charge < -0.3 is 5.32 Å². The van der Waals surface area contributed by atoms with Crippen LogP contribution in [0.5, 0.6) is 0 Å². The summed E-state index contributed by atoms with van der Waals surface area (Å²) in [6.07, 6.45) is 0.947. The van der Waals surface area contributed by atoms with Crippen LogP contribution in [-0.4, -0.2) is 27.1 Å². The van der Waals surface area contributed by atoms with Crippen molar-refractivity contribution in [1.29, 1.82) is 0 Å². The highest BCUT2D eigenvalue weighted by Crippen LogP contribution is 2.28. The fraction of sp³-hybridized carbons (Fsp3) is 0.133. The van der Waals surface area contributed by atoms with Gasteiger partial charge in [-0.2, -0.15) is 0 Å². The summed E-state index contributed by atoms with van der Waals surface area (Å²) in [5.74, 6) is -1.36. The molecule has 2 rings (SSSR count). The SMILES string of the molecule is CS(=O)(=O)N(CC(=O)Nc1ccc(Br)cc1F)c1ccc(Cl)c(Cl)c1. The van der Waals surface area contributed by atoms with E-state index >= 15 is 0 Å². The summed E-state index contributed by atoms with van der Waals surface area (Å²) in [5.41, 5.74) is 0.110. The first kappa shape index (κ1) is 20.0. The first-order valence-electron chi connectivity index (χ1n) is 6.75. The zero-order valence-electron chi connectivity index (χ0n) is 12.8. The first-order valence-corrected chi connectivity index (χ1v) is 10.2. The number of rotatable bonds is 5. The van der Waals surface area contributed by atoms with E-state index in [2.05, 4.69) is 21.2 Å². The van der Waals surface area contributed by atoms with Crippen molar-refractivity contribution in [3.8, 4) is 0 Å². The molecule has 0 spiro atoms. The minimum atomic E-state index is -3.78. The number of sulfonamides is 1. The predicted octanol–water partition coefficient (Wildman–Crippen LogP) is 4.30. The van der Waals surface area contributed by atoms with Gasteiger partial charge in [0.1, 0.15) is 12.4 Å². The van der Waals surface area contributed by atoms with E-state index in [1.807, 2.05) is 0 Å². The zero-order chi connectivity index (χ0) is 18.8. The van der Waals surface area contributed by atoms with Crippen molar-refractivity contribution < 1.29 is 17.6 Å². The Labute approximate surface area is 162 Å². The molecule has 0 saturated heterocycles. The lowest BCUT2D eigenvalue weighted by Crippen LogP contribution is -2.37. The molecule has 0 fully saturated rings. The van der Waals surface area contributed by atoms with E-state index in [1.165, 1.54) is 30.3 Å². The highest BCUT2D eigenvalue weighted by atomic mass is 79.9. The highest BCUT2D eigenvalue weighted by Gasteiger charge is 2.22. The van der Waals surface area contributed by atoms with Gasteiger partial charge in [-0.05, 0) is 36.4 Å². The summed E-state index contributed by atoms with van der Waals surface area (Å²) in [6.45, 7) is -0.549. The van der Waals surface area contributed by atoms with Crippen molar-refractivity contribution in [2.75, 3.05) is 22.4 Å². The van der Waals surface area contributed by atoms with Gasteiger partial charge >= 0.3 is 0 Å². The van der Waals surface area contributed by atoms with Crippen LogP contribution >= 0.6 is 39.1 Å². The summed E-state index contributed by atoms with van der Waals surface area (Å²) in [5, 5.41) is 2.73. The van der Waals surface area contributed by atoms with Crippen molar-refractivity contribution in [2.45, 2.75) is 0 Å². The molecule has 0 aliphatic heterocycles. The molecule has 0 bridgehead atoms. The number of nitrogens with zero attached hydrogens (tertiary/aromatic N) is 1. The number of hydrogen-bond acceptors (Lipinski definition) is 3. The summed E-state index contributed by atoms with van der Waals surface area (Å²) in [7, 11) is -3.78. The Morgan fingerprint density at radius 3 is 2.44 bits per heavy atom. The average molecular weight is 470 g/mol. The molecule has 2 aromatic rings. The van der Waals surface area contributed by atoms with Crippen LogP contribution in [0.15, 0.2) is 40.9 Å². The average Bonchev–Trinajstić information content (AvgIpc) is 2.49. The number of halogens is 4. The number of hydrogen-bond donors (Lipinski definition) is 1. The lowest BCUT2D eigenvalue weighted by Gasteiger charge is -2.22. The zero-order valence-corrected chi connectivity index (χ0v) is 16.7. The quantitative estimate of drug-likeness (QED) is 0.709. The van der Waals surface area contributed by atoms with Gasteiger partial charge in [0, 0.05) is 4.47 Å². The molecule has 2 aromatic carbocycles. The molecule has 0 aromatic heterocycles. The molecule has 5 nitrogen and oxygen atoms in total. The van der Waals surface area contributed by atoms with Gasteiger partial charge in [0.15, 0.2) is 0 Å². The Hall–Kier alpha value is -1.35. The molecule has 10 heteroatoms. The van der Waals surface area contributed by atoms with Crippen molar-refractivity contribution >= 4 is 66.4 Å². The minimum absolute atomic E-state index is 0.0595. The Bertz CT molecular complexity index is 925. The van der Waals surface area contributed by atoms with E-state index in [0.29, 0.717) is 4.47 Å². The molecule has 0 aliphatic carbocycles. The summed E-state index contributed by atoms with van der Waals surface area (Å²) >= 11 is 14.8. The van der Waals surface area contributed by atoms with Crippen LogP contribution in [0.25, 0.3) is 0 Å². The third-order valence-electron chi connectivity index (χ3n) is 3.08. The Kier molecular flexibility index (Phi) is 6.31. The van der Waals surface area contributed by atoms with Gasteiger partial charge in [0.25, 0.3) is 0 Å². The highest BCUT2D eigenvalue weighted by molar-refractivity contribution is 9.10. The van der Waals surface area contributed by atoms with E-state index in [0.717, 1.165) is 10.6 Å². The fourth-order valence-electron chi connectivity index (χ4n) is 1.95. The van der Waals surface area contributed by atoms with Crippen LogP contribution < -0.4 is 9.62 Å². The molecule has 25 heavy (non-hydrogen) atoms. The summed E-state index contributed by atoms with van der Waals surface area (Å²) in [4.78, 5) is 12.2. The number of nitrogens with one attached hydrogen (secondary N) is 1. The fourth-order valence-corrected chi connectivity index (χ4v) is 3.42. The van der Waals surface area contributed by atoms with Gasteiger partial charge in [-0.25, -0.2) is 12.8 Å². The second-order valence-corrected chi connectivity index (χ2v) is 8.68. The second-order valence-electron chi connectivity index (χ2n) is 5.04. The lowest BCUT2D eigenvalue weighted by molar-refractivity contribution is -0.114. The van der Waals surface area contributed by atoms with Gasteiger partial charge in [-0.3, -0.25) is 9.10 Å². The molecular formula is C15H12BrCl2FN2O3S. The van der Waals surface area contributed by atoms with Crippen LogP contribution in [0, 0.1) is 5.82 Å². The topological polar surface area (TPSA) is 66.5 Å². The van der Waals surface area contributed by atoms with Crippen molar-refractivity contribution in [2.24, 2.45) is 0 Å². The van der Waals surface area contributed by atoms with Crippen molar-refractivity contribution in [1.82, 2.24) is 0 Å². The Morgan fingerprint density at radius 2 is 1.88 bits per heavy atom. The van der Waals surface area contributed by atoms with Crippen LogP contribution in [0.3, 0.4) is 0 Å².